The summed E-state index contributed by atoms with van der Waals surface area (Å²) in [6, 6.07) is 55.4. The van der Waals surface area contributed by atoms with E-state index in [0.717, 1.165) is 29.2 Å². The molecule has 9 rings (SSSR count). The van der Waals surface area contributed by atoms with Crippen molar-refractivity contribution in [3.05, 3.63) is 176 Å². The van der Waals surface area contributed by atoms with Gasteiger partial charge in [-0.1, -0.05) is 115 Å². The van der Waals surface area contributed by atoms with Crippen molar-refractivity contribution in [1.29, 1.82) is 0 Å². The first kappa shape index (κ1) is 26.6. The maximum absolute atomic E-state index is 2.60. The van der Waals surface area contributed by atoms with E-state index in [1.165, 1.54) is 39.1 Å². The SMILES string of the molecule is C1=CCC(N2c3ccccc3B3c4ccccc4N(c4ccccc4)c4cc(N(c5ccccc5)c5ccccc5)cc2c43)C=C1. The van der Waals surface area contributed by atoms with Crippen LogP contribution in [0.15, 0.2) is 176 Å². The highest BCUT2D eigenvalue weighted by molar-refractivity contribution is 7.00. The number of fused-ring (bicyclic) bond motifs is 4. The Balaban J connectivity index is 1.39. The normalized spacial score (nSPS) is 15.7. The summed E-state index contributed by atoms with van der Waals surface area (Å²) in [6.45, 7) is 0.118. The monoisotopic (exact) mass is 589 g/mol. The molecule has 2 heterocycles. The fourth-order valence-electron chi connectivity index (χ4n) is 7.61. The van der Waals surface area contributed by atoms with Crippen molar-refractivity contribution >= 4 is 68.6 Å². The molecular weight excluding hydrogens is 557 g/mol. The Morgan fingerprint density at radius 2 is 1.09 bits per heavy atom. The van der Waals surface area contributed by atoms with Crippen LogP contribution in [0.1, 0.15) is 6.42 Å². The van der Waals surface area contributed by atoms with Gasteiger partial charge >= 0.3 is 0 Å². The summed E-state index contributed by atoms with van der Waals surface area (Å²) < 4.78 is 0. The number of rotatable bonds is 5. The van der Waals surface area contributed by atoms with E-state index in [4.69, 9.17) is 0 Å². The summed E-state index contributed by atoms with van der Waals surface area (Å²) in [5, 5.41) is 0. The van der Waals surface area contributed by atoms with E-state index in [-0.39, 0.29) is 12.8 Å². The molecule has 4 heteroatoms. The van der Waals surface area contributed by atoms with Crippen LogP contribution in [0.3, 0.4) is 0 Å². The highest BCUT2D eigenvalue weighted by Crippen LogP contribution is 2.46. The van der Waals surface area contributed by atoms with Crippen molar-refractivity contribution in [2.45, 2.75) is 12.5 Å². The molecule has 0 bridgehead atoms. The number of para-hydroxylation sites is 5. The van der Waals surface area contributed by atoms with Crippen LogP contribution in [-0.2, 0) is 0 Å². The van der Waals surface area contributed by atoms with Crippen molar-refractivity contribution in [3.63, 3.8) is 0 Å². The number of hydrogen-bond donors (Lipinski definition) is 0. The third-order valence-electron chi connectivity index (χ3n) is 9.50. The van der Waals surface area contributed by atoms with Crippen LogP contribution >= 0.6 is 0 Å². The zero-order chi connectivity index (χ0) is 30.5. The average Bonchev–Trinajstić information content (AvgIpc) is 3.13. The van der Waals surface area contributed by atoms with Crippen LogP contribution in [0, 0.1) is 0 Å². The van der Waals surface area contributed by atoms with Crippen molar-refractivity contribution < 1.29 is 0 Å². The lowest BCUT2D eigenvalue weighted by Crippen LogP contribution is -2.62. The van der Waals surface area contributed by atoms with Crippen LogP contribution in [0.4, 0.5) is 45.5 Å². The predicted octanol–water partition coefficient (Wildman–Crippen LogP) is 8.79. The number of benzene rings is 6. The van der Waals surface area contributed by atoms with Gasteiger partial charge in [0.25, 0.3) is 6.71 Å². The van der Waals surface area contributed by atoms with Crippen LogP contribution in [0.2, 0.25) is 0 Å². The van der Waals surface area contributed by atoms with Crippen molar-refractivity contribution in [3.8, 4) is 0 Å². The highest BCUT2D eigenvalue weighted by atomic mass is 15.2. The topological polar surface area (TPSA) is 9.72 Å². The predicted molar refractivity (Wildman–Crippen MR) is 196 cm³/mol. The molecule has 6 aromatic rings. The summed E-state index contributed by atoms with van der Waals surface area (Å²) >= 11 is 0. The first-order valence-corrected chi connectivity index (χ1v) is 16.1. The fourth-order valence-corrected chi connectivity index (χ4v) is 7.61. The molecule has 3 aliphatic rings. The number of nitrogens with zero attached hydrogens (tertiary/aromatic N) is 3. The Labute approximate surface area is 271 Å². The van der Waals surface area contributed by atoms with Gasteiger partial charge in [-0.15, -0.1) is 0 Å². The Bertz CT molecular complexity index is 2070. The minimum absolute atomic E-state index is 0.118. The summed E-state index contributed by atoms with van der Waals surface area (Å²) in [6.07, 6.45) is 9.97. The van der Waals surface area contributed by atoms with E-state index >= 15 is 0 Å². The first-order valence-electron chi connectivity index (χ1n) is 16.1. The van der Waals surface area contributed by atoms with Gasteiger partial charge in [-0.3, -0.25) is 0 Å². The molecule has 1 atom stereocenters. The summed E-state index contributed by atoms with van der Waals surface area (Å²) in [7, 11) is 0. The first-order chi connectivity index (χ1) is 22.9. The largest absolute Gasteiger partial charge is 0.335 e. The molecule has 0 spiro atoms. The molecule has 0 aromatic heterocycles. The summed E-state index contributed by atoms with van der Waals surface area (Å²) in [5.74, 6) is 0. The lowest BCUT2D eigenvalue weighted by atomic mass is 9.33. The van der Waals surface area contributed by atoms with Gasteiger partial charge in [-0.2, -0.15) is 0 Å². The zero-order valence-electron chi connectivity index (χ0n) is 25.4. The van der Waals surface area contributed by atoms with Gasteiger partial charge in [-0.25, -0.2) is 0 Å². The van der Waals surface area contributed by atoms with E-state index in [2.05, 4.69) is 191 Å². The molecule has 0 radical (unpaired) electrons. The molecule has 2 aliphatic heterocycles. The third-order valence-corrected chi connectivity index (χ3v) is 9.50. The number of hydrogen-bond acceptors (Lipinski definition) is 3. The molecule has 46 heavy (non-hydrogen) atoms. The second-order valence-corrected chi connectivity index (χ2v) is 12.1. The Kier molecular flexibility index (Phi) is 6.38. The van der Waals surface area contributed by atoms with Gasteiger partial charge in [0.05, 0.1) is 11.7 Å². The van der Waals surface area contributed by atoms with Crippen LogP contribution in [-0.4, -0.2) is 12.8 Å². The quantitative estimate of drug-likeness (QED) is 0.186. The van der Waals surface area contributed by atoms with Crippen LogP contribution < -0.4 is 31.1 Å². The smallest absolute Gasteiger partial charge is 0.252 e. The van der Waals surface area contributed by atoms with Gasteiger partial charge < -0.3 is 14.7 Å². The van der Waals surface area contributed by atoms with Gasteiger partial charge in [-0.05, 0) is 83.5 Å². The summed E-state index contributed by atoms with van der Waals surface area (Å²) in [4.78, 5) is 7.47. The Morgan fingerprint density at radius 1 is 0.522 bits per heavy atom. The van der Waals surface area contributed by atoms with E-state index < -0.39 is 0 Å². The Morgan fingerprint density at radius 3 is 1.74 bits per heavy atom. The molecule has 1 unspecified atom stereocenters. The number of anilines is 8. The molecule has 6 aromatic carbocycles. The zero-order valence-corrected chi connectivity index (χ0v) is 25.4. The van der Waals surface area contributed by atoms with Crippen molar-refractivity contribution in [1.82, 2.24) is 0 Å². The highest BCUT2D eigenvalue weighted by Gasteiger charge is 2.44. The Hall–Kier alpha value is -5.74. The van der Waals surface area contributed by atoms with Crippen molar-refractivity contribution in [2.24, 2.45) is 0 Å². The molecule has 1 aliphatic carbocycles. The molecular formula is C42H32BN3. The maximum atomic E-state index is 2.60. The summed E-state index contributed by atoms with van der Waals surface area (Å²) in [5.41, 5.74) is 13.6. The van der Waals surface area contributed by atoms with E-state index in [1.54, 1.807) is 0 Å². The third kappa shape index (κ3) is 4.22. The lowest BCUT2D eigenvalue weighted by Gasteiger charge is -2.46. The molecule has 0 fully saturated rings. The van der Waals surface area contributed by atoms with Crippen LogP contribution in [0.5, 0.6) is 0 Å². The van der Waals surface area contributed by atoms with Gasteiger partial charge in [0, 0.05) is 39.8 Å². The van der Waals surface area contributed by atoms with E-state index in [0.29, 0.717) is 0 Å². The van der Waals surface area contributed by atoms with E-state index in [1.807, 2.05) is 0 Å². The molecule has 0 amide bonds. The van der Waals surface area contributed by atoms with Gasteiger partial charge in [0.15, 0.2) is 0 Å². The lowest BCUT2D eigenvalue weighted by molar-refractivity contribution is 0.787. The minimum atomic E-state index is 0.118. The molecule has 0 saturated carbocycles. The fraction of sp³-hybridized carbons (Fsp3) is 0.0476. The molecule has 0 N–H and O–H groups in total. The second kappa shape index (κ2) is 11.0. The number of allylic oxidation sites excluding steroid dienone is 2. The minimum Gasteiger partial charge on any atom is -0.335 e. The maximum Gasteiger partial charge on any atom is 0.252 e. The van der Waals surface area contributed by atoms with Crippen molar-refractivity contribution in [2.75, 3.05) is 14.7 Å². The molecule has 0 saturated heterocycles. The molecule has 218 valence electrons. The second-order valence-electron chi connectivity index (χ2n) is 12.1. The van der Waals surface area contributed by atoms with Gasteiger partial charge in [0.2, 0.25) is 0 Å². The standard InChI is InChI=1S/C42H32BN3/c1-5-17-31(18-6-1)44(32-19-7-2-8-20-32)35-29-40-42-41(30-35)46(34-23-11-4-12-24-34)39-28-16-14-26-37(39)43(42)36-25-13-15-27-38(36)45(40)33-21-9-3-10-22-33/h1-23,25-30,34H,24H2. The van der Waals surface area contributed by atoms with Gasteiger partial charge in [0.1, 0.15) is 0 Å². The average molecular weight is 590 g/mol. The molecule has 3 nitrogen and oxygen atoms in total. The van der Waals surface area contributed by atoms with E-state index in [9.17, 15) is 0 Å². The van der Waals surface area contributed by atoms with Crippen LogP contribution in [0.25, 0.3) is 0 Å².